The Morgan fingerprint density at radius 1 is 1.24 bits per heavy atom. The van der Waals surface area contributed by atoms with Gasteiger partial charge in [0.05, 0.1) is 24.4 Å². The number of carbonyl (C=O) groups is 1. The first-order chi connectivity index (χ1) is 17.9. The minimum atomic E-state index is -0.435. The van der Waals surface area contributed by atoms with Gasteiger partial charge in [-0.3, -0.25) is 4.79 Å². The molecule has 2 heterocycles. The highest BCUT2D eigenvalue weighted by Crippen LogP contribution is 2.36. The third kappa shape index (κ3) is 6.71. The molecule has 1 aliphatic rings. The average molecular weight is 589 g/mol. The van der Waals surface area contributed by atoms with Gasteiger partial charge in [-0.05, 0) is 85.0 Å². The monoisotopic (exact) mass is 587 g/mol. The van der Waals surface area contributed by atoms with Gasteiger partial charge in [0.15, 0.2) is 0 Å². The molecular weight excluding hydrogens is 558 g/mol. The van der Waals surface area contributed by atoms with Gasteiger partial charge in [0, 0.05) is 22.4 Å². The van der Waals surface area contributed by atoms with E-state index in [1.54, 1.807) is 18.2 Å². The summed E-state index contributed by atoms with van der Waals surface area (Å²) < 4.78 is 12.2. The second kappa shape index (κ2) is 12.6. The number of nitrogens with zero attached hydrogens (tertiary/aromatic N) is 3. The van der Waals surface area contributed by atoms with Gasteiger partial charge in [0.2, 0.25) is 11.8 Å². The fourth-order valence-corrected chi connectivity index (χ4v) is 5.07. The Labute approximate surface area is 230 Å². The Hall–Kier alpha value is -2.88. The first-order valence-electron chi connectivity index (χ1n) is 12.3. The van der Waals surface area contributed by atoms with Crippen LogP contribution in [0.2, 0.25) is 5.02 Å². The predicted molar refractivity (Wildman–Crippen MR) is 151 cm³/mol. The summed E-state index contributed by atoms with van der Waals surface area (Å²) >= 11 is 9.63. The minimum Gasteiger partial charge on any atom is -0.493 e. The summed E-state index contributed by atoms with van der Waals surface area (Å²) in [5.74, 6) is 1.37. The maximum atomic E-state index is 12.9. The molecule has 0 aliphatic carbocycles. The van der Waals surface area contributed by atoms with E-state index in [4.69, 9.17) is 21.1 Å². The minimum absolute atomic E-state index is 0.142. The quantitative estimate of drug-likeness (QED) is 0.295. The van der Waals surface area contributed by atoms with E-state index in [9.17, 15) is 4.79 Å². The number of hydrogen-bond acceptors (Lipinski definition) is 7. The number of aromatic nitrogens is 2. The van der Waals surface area contributed by atoms with Gasteiger partial charge < -0.3 is 25.0 Å². The average Bonchev–Trinajstić information content (AvgIpc) is 2.90. The number of nitrogens with one attached hydrogen (secondary N) is 2. The Morgan fingerprint density at radius 3 is 2.73 bits per heavy atom. The van der Waals surface area contributed by atoms with E-state index < -0.39 is 5.91 Å². The molecule has 0 radical (unpaired) electrons. The van der Waals surface area contributed by atoms with Crippen LogP contribution in [0.25, 0.3) is 0 Å². The SMILES string of the molecule is CCCOc1cc(Nc2ncc(C(=O)Nc3c(Cl)cccc3Br)c(OC)n2)ccc1C1CCN(C)CC1. The molecule has 0 saturated carbocycles. The first-order valence-corrected chi connectivity index (χ1v) is 13.4. The molecule has 3 aromatic rings. The summed E-state index contributed by atoms with van der Waals surface area (Å²) in [7, 11) is 3.62. The molecule has 1 aliphatic heterocycles. The van der Waals surface area contributed by atoms with Crippen molar-refractivity contribution in [3.63, 3.8) is 0 Å². The third-order valence-corrected chi connectivity index (χ3v) is 7.26. The summed E-state index contributed by atoms with van der Waals surface area (Å²) in [5.41, 5.74) is 2.68. The van der Waals surface area contributed by atoms with Crippen molar-refractivity contribution in [3.05, 3.63) is 63.2 Å². The molecular formula is C27H31BrClN5O3. The molecule has 1 fully saturated rings. The molecule has 2 aromatic carbocycles. The van der Waals surface area contributed by atoms with E-state index in [2.05, 4.69) is 61.5 Å². The number of ether oxygens (including phenoxy) is 2. The molecule has 2 N–H and O–H groups in total. The van der Waals surface area contributed by atoms with Gasteiger partial charge in [-0.15, -0.1) is 0 Å². The maximum absolute atomic E-state index is 12.9. The molecule has 1 aromatic heterocycles. The first kappa shape index (κ1) is 27.2. The number of rotatable bonds is 9. The number of benzene rings is 2. The lowest BCUT2D eigenvalue weighted by Gasteiger charge is -2.30. The van der Waals surface area contributed by atoms with Gasteiger partial charge in [-0.1, -0.05) is 30.7 Å². The van der Waals surface area contributed by atoms with E-state index in [0.29, 0.717) is 33.7 Å². The van der Waals surface area contributed by atoms with Crippen LogP contribution in [0.5, 0.6) is 11.6 Å². The van der Waals surface area contributed by atoms with Crippen molar-refractivity contribution in [1.29, 1.82) is 0 Å². The van der Waals surface area contributed by atoms with E-state index >= 15 is 0 Å². The van der Waals surface area contributed by atoms with Crippen molar-refractivity contribution in [2.45, 2.75) is 32.1 Å². The summed E-state index contributed by atoms with van der Waals surface area (Å²) in [4.78, 5) is 24.1. The lowest BCUT2D eigenvalue weighted by Crippen LogP contribution is -2.29. The maximum Gasteiger partial charge on any atom is 0.262 e. The molecule has 0 unspecified atom stereocenters. The summed E-state index contributed by atoms with van der Waals surface area (Å²) in [6.07, 6.45) is 4.58. The van der Waals surface area contributed by atoms with Crippen LogP contribution in [0.4, 0.5) is 17.3 Å². The third-order valence-electron chi connectivity index (χ3n) is 6.28. The predicted octanol–water partition coefficient (Wildman–Crippen LogP) is 6.50. The zero-order valence-corrected chi connectivity index (χ0v) is 23.5. The molecule has 196 valence electrons. The normalized spacial score (nSPS) is 14.3. The molecule has 37 heavy (non-hydrogen) atoms. The number of amides is 1. The van der Waals surface area contributed by atoms with E-state index in [-0.39, 0.29) is 11.4 Å². The lowest BCUT2D eigenvalue weighted by molar-refractivity contribution is 0.102. The van der Waals surface area contributed by atoms with Crippen molar-refractivity contribution >= 4 is 50.8 Å². The van der Waals surface area contributed by atoms with Gasteiger partial charge in [0.25, 0.3) is 5.91 Å². The number of likely N-dealkylation sites (tertiary alicyclic amines) is 1. The van der Waals surface area contributed by atoms with Crippen molar-refractivity contribution < 1.29 is 14.3 Å². The van der Waals surface area contributed by atoms with Crippen LogP contribution in [0.1, 0.15) is 48.0 Å². The number of halogens is 2. The Balaban J connectivity index is 1.53. The standard InChI is InChI=1S/C27H31BrClN5O3/c1-4-14-37-23-15-18(8-9-19(23)17-10-12-34(2)13-11-17)31-27-30-16-20(26(33-27)36-3)25(35)32-24-21(28)6-5-7-22(24)29/h5-9,15-17H,4,10-14H2,1-3H3,(H,32,35)(H,30,31,33). The molecule has 0 spiro atoms. The van der Waals surface area contributed by atoms with Gasteiger partial charge in [-0.2, -0.15) is 4.98 Å². The Bertz CT molecular complexity index is 1230. The number of para-hydroxylation sites is 1. The van der Waals surface area contributed by atoms with Crippen molar-refractivity contribution in [2.75, 3.05) is 44.5 Å². The number of piperidine rings is 1. The van der Waals surface area contributed by atoms with E-state index in [1.807, 2.05) is 12.1 Å². The van der Waals surface area contributed by atoms with Crippen LogP contribution in [-0.2, 0) is 0 Å². The number of hydrogen-bond donors (Lipinski definition) is 2. The molecule has 1 amide bonds. The van der Waals surface area contributed by atoms with Crippen LogP contribution in [0.15, 0.2) is 47.1 Å². The van der Waals surface area contributed by atoms with Crippen LogP contribution < -0.4 is 20.1 Å². The highest BCUT2D eigenvalue weighted by Gasteiger charge is 2.22. The van der Waals surface area contributed by atoms with Crippen LogP contribution in [0.3, 0.4) is 0 Å². The van der Waals surface area contributed by atoms with Crippen LogP contribution in [0, 0.1) is 0 Å². The van der Waals surface area contributed by atoms with E-state index in [1.165, 1.54) is 18.9 Å². The molecule has 0 atom stereocenters. The highest BCUT2D eigenvalue weighted by molar-refractivity contribution is 9.10. The summed E-state index contributed by atoms with van der Waals surface area (Å²) in [5, 5.41) is 6.41. The van der Waals surface area contributed by atoms with Crippen molar-refractivity contribution in [3.8, 4) is 11.6 Å². The second-order valence-corrected chi connectivity index (χ2v) is 10.2. The highest BCUT2D eigenvalue weighted by atomic mass is 79.9. The Morgan fingerprint density at radius 2 is 2.03 bits per heavy atom. The number of anilines is 3. The fourth-order valence-electron chi connectivity index (χ4n) is 4.27. The smallest absolute Gasteiger partial charge is 0.262 e. The lowest BCUT2D eigenvalue weighted by atomic mass is 9.89. The van der Waals surface area contributed by atoms with Crippen molar-refractivity contribution in [1.82, 2.24) is 14.9 Å². The molecule has 0 bridgehead atoms. The molecule has 1 saturated heterocycles. The second-order valence-electron chi connectivity index (χ2n) is 8.97. The van der Waals surface area contributed by atoms with Crippen LogP contribution in [-0.4, -0.2) is 54.6 Å². The zero-order chi connectivity index (χ0) is 26.4. The van der Waals surface area contributed by atoms with Gasteiger partial charge in [0.1, 0.15) is 11.3 Å². The Kier molecular flexibility index (Phi) is 9.23. The van der Waals surface area contributed by atoms with Gasteiger partial charge >= 0.3 is 0 Å². The zero-order valence-electron chi connectivity index (χ0n) is 21.2. The fraction of sp³-hybridized carbons (Fsp3) is 0.370. The topological polar surface area (TPSA) is 88.6 Å². The molecule has 4 rings (SSSR count). The molecule has 10 heteroatoms. The van der Waals surface area contributed by atoms with Gasteiger partial charge in [-0.25, -0.2) is 4.98 Å². The summed E-state index contributed by atoms with van der Waals surface area (Å²) in [6.45, 7) is 4.91. The largest absolute Gasteiger partial charge is 0.493 e. The summed E-state index contributed by atoms with van der Waals surface area (Å²) in [6, 6.07) is 11.4. The van der Waals surface area contributed by atoms with Crippen LogP contribution >= 0.6 is 27.5 Å². The van der Waals surface area contributed by atoms with Crippen molar-refractivity contribution in [2.24, 2.45) is 0 Å². The van der Waals surface area contributed by atoms with E-state index in [0.717, 1.165) is 43.8 Å². The molecule has 8 nitrogen and oxygen atoms in total. The number of carbonyl (C=O) groups excluding carboxylic acids is 1. The number of methoxy groups -OCH3 is 1.